The van der Waals surface area contributed by atoms with Crippen molar-refractivity contribution >= 4 is 11.5 Å². The summed E-state index contributed by atoms with van der Waals surface area (Å²) >= 11 is 0. The van der Waals surface area contributed by atoms with Gasteiger partial charge in [0.15, 0.2) is 5.78 Å². The van der Waals surface area contributed by atoms with Gasteiger partial charge in [0, 0.05) is 11.6 Å². The van der Waals surface area contributed by atoms with Gasteiger partial charge >= 0.3 is 0 Å². The van der Waals surface area contributed by atoms with Gasteiger partial charge in [-0.1, -0.05) is 45.0 Å². The maximum absolute atomic E-state index is 10.8. The van der Waals surface area contributed by atoms with Gasteiger partial charge in [-0.15, -0.1) is 0 Å². The number of nitrogen functional groups attached to an aromatic ring is 1. The van der Waals surface area contributed by atoms with Crippen LogP contribution in [-0.2, 0) is 4.79 Å². The predicted octanol–water partition coefficient (Wildman–Crippen LogP) is 3.45. The van der Waals surface area contributed by atoms with Crippen LogP contribution in [0.2, 0.25) is 0 Å². The van der Waals surface area contributed by atoms with Crippen molar-refractivity contribution in [2.75, 3.05) is 5.73 Å². The molecule has 0 radical (unpaired) electrons. The van der Waals surface area contributed by atoms with Gasteiger partial charge in [0.2, 0.25) is 0 Å². The summed E-state index contributed by atoms with van der Waals surface area (Å²) in [5.74, 6) is 0.337. The van der Waals surface area contributed by atoms with Crippen LogP contribution in [0.3, 0.4) is 0 Å². The number of hydrogen-bond donors (Lipinski definition) is 1. The van der Waals surface area contributed by atoms with Gasteiger partial charge in [0.1, 0.15) is 0 Å². The first-order valence-electron chi connectivity index (χ1n) is 5.58. The van der Waals surface area contributed by atoms with E-state index in [9.17, 15) is 4.79 Å². The Morgan fingerprint density at radius 1 is 1.44 bits per heavy atom. The molecule has 2 nitrogen and oxygen atoms in total. The second-order valence-corrected chi connectivity index (χ2v) is 3.71. The Labute approximate surface area is 98.2 Å². The first kappa shape index (κ1) is 14.4. The van der Waals surface area contributed by atoms with Crippen LogP contribution in [0.1, 0.15) is 26.7 Å². The summed E-state index contributed by atoms with van der Waals surface area (Å²) in [5, 5.41) is 0. The fraction of sp³-hybridized carbons (Fsp3) is 0.357. The van der Waals surface area contributed by atoms with Gasteiger partial charge in [-0.3, -0.25) is 4.79 Å². The van der Waals surface area contributed by atoms with Gasteiger partial charge in [-0.25, -0.2) is 0 Å². The van der Waals surface area contributed by atoms with Crippen molar-refractivity contribution in [3.63, 3.8) is 0 Å². The molecule has 2 N–H and O–H groups in total. The topological polar surface area (TPSA) is 43.1 Å². The number of hydrogen-bond acceptors (Lipinski definition) is 2. The van der Waals surface area contributed by atoms with Crippen molar-refractivity contribution in [2.45, 2.75) is 26.7 Å². The minimum atomic E-state index is 0.164. The van der Waals surface area contributed by atoms with E-state index in [0.29, 0.717) is 0 Å². The summed E-state index contributed by atoms with van der Waals surface area (Å²) in [4.78, 5) is 10.8. The number of para-hydroxylation sites is 1. The molecule has 0 heterocycles. The fourth-order valence-electron chi connectivity index (χ4n) is 1.23. The van der Waals surface area contributed by atoms with E-state index in [0.717, 1.165) is 18.5 Å². The zero-order valence-corrected chi connectivity index (χ0v) is 10.1. The van der Waals surface area contributed by atoms with Crippen LogP contribution < -0.4 is 5.73 Å². The van der Waals surface area contributed by atoms with Crippen LogP contribution in [0.15, 0.2) is 43.0 Å². The van der Waals surface area contributed by atoms with E-state index in [-0.39, 0.29) is 11.7 Å². The van der Waals surface area contributed by atoms with Crippen molar-refractivity contribution in [3.8, 4) is 0 Å². The summed E-state index contributed by atoms with van der Waals surface area (Å²) in [6.45, 7) is 7.43. The number of anilines is 1. The van der Waals surface area contributed by atoms with Crippen LogP contribution in [-0.4, -0.2) is 5.78 Å². The van der Waals surface area contributed by atoms with Crippen LogP contribution >= 0.6 is 0 Å². The largest absolute Gasteiger partial charge is 0.399 e. The van der Waals surface area contributed by atoms with E-state index in [1.54, 1.807) is 0 Å². The molecule has 1 atom stereocenters. The third-order valence-corrected chi connectivity index (χ3v) is 2.21. The van der Waals surface area contributed by atoms with Gasteiger partial charge < -0.3 is 5.73 Å². The summed E-state index contributed by atoms with van der Waals surface area (Å²) in [5.41, 5.74) is 6.18. The van der Waals surface area contributed by atoms with E-state index in [2.05, 4.69) is 13.5 Å². The molecule has 0 aliphatic carbocycles. The third-order valence-electron chi connectivity index (χ3n) is 2.21. The van der Waals surface area contributed by atoms with Crippen LogP contribution in [0, 0.1) is 5.92 Å². The van der Waals surface area contributed by atoms with E-state index >= 15 is 0 Å². The summed E-state index contributed by atoms with van der Waals surface area (Å²) in [6.07, 6.45) is 3.45. The number of rotatable bonds is 4. The first-order valence-corrected chi connectivity index (χ1v) is 5.58. The molecule has 0 bridgehead atoms. The number of nitrogens with two attached hydrogens (primary N) is 1. The van der Waals surface area contributed by atoms with E-state index in [1.807, 2.05) is 37.3 Å². The minimum Gasteiger partial charge on any atom is -0.399 e. The maximum atomic E-state index is 10.8. The zero-order chi connectivity index (χ0) is 12.4. The summed E-state index contributed by atoms with van der Waals surface area (Å²) < 4.78 is 0. The molecule has 0 amide bonds. The van der Waals surface area contributed by atoms with E-state index in [1.165, 1.54) is 6.08 Å². The molecule has 1 unspecified atom stereocenters. The highest BCUT2D eigenvalue weighted by Crippen LogP contribution is 2.05. The second kappa shape index (κ2) is 8.72. The number of carbonyl (C=O) groups excluding carboxylic acids is 1. The Hall–Kier alpha value is -1.57. The summed E-state index contributed by atoms with van der Waals surface area (Å²) in [7, 11) is 0. The van der Waals surface area contributed by atoms with Crippen LogP contribution in [0.5, 0.6) is 0 Å². The lowest BCUT2D eigenvalue weighted by Gasteiger charge is -2.02. The molecular weight excluding hydrogens is 198 g/mol. The highest BCUT2D eigenvalue weighted by molar-refractivity contribution is 5.90. The Balaban J connectivity index is 0.000000288. The minimum absolute atomic E-state index is 0.164. The highest BCUT2D eigenvalue weighted by atomic mass is 16.1. The number of carbonyl (C=O) groups is 1. The van der Waals surface area contributed by atoms with E-state index in [4.69, 9.17) is 5.73 Å². The lowest BCUT2D eigenvalue weighted by atomic mass is 10.0. The molecule has 16 heavy (non-hydrogen) atoms. The van der Waals surface area contributed by atoms with Crippen molar-refractivity contribution in [1.82, 2.24) is 0 Å². The molecule has 88 valence electrons. The second-order valence-electron chi connectivity index (χ2n) is 3.71. The van der Waals surface area contributed by atoms with Crippen molar-refractivity contribution in [3.05, 3.63) is 43.0 Å². The van der Waals surface area contributed by atoms with E-state index < -0.39 is 0 Å². The molecule has 0 fully saturated rings. The third kappa shape index (κ3) is 6.82. The lowest BCUT2D eigenvalue weighted by Crippen LogP contribution is -2.06. The van der Waals surface area contributed by atoms with Gasteiger partial charge in [-0.2, -0.15) is 0 Å². The summed E-state index contributed by atoms with van der Waals surface area (Å²) in [6, 6.07) is 9.49. The number of benzene rings is 1. The Morgan fingerprint density at radius 2 is 2.00 bits per heavy atom. The molecule has 0 aliphatic heterocycles. The molecule has 1 aromatic rings. The molecule has 0 aliphatic rings. The molecule has 0 aromatic heterocycles. The SMILES string of the molecule is C=CC(=O)C(C)CCC.Nc1ccccc1. The van der Waals surface area contributed by atoms with Gasteiger partial charge in [0.05, 0.1) is 0 Å². The van der Waals surface area contributed by atoms with Gasteiger partial charge in [0.25, 0.3) is 0 Å². The molecule has 0 spiro atoms. The number of allylic oxidation sites excluding steroid dienone is 1. The predicted molar refractivity (Wildman–Crippen MR) is 70.1 cm³/mol. The average molecular weight is 219 g/mol. The number of ketones is 1. The van der Waals surface area contributed by atoms with Crippen LogP contribution in [0.4, 0.5) is 5.69 Å². The Kier molecular flexibility index (Phi) is 7.86. The van der Waals surface area contributed by atoms with Crippen molar-refractivity contribution in [1.29, 1.82) is 0 Å². The first-order chi connectivity index (χ1) is 7.61. The molecule has 1 aromatic carbocycles. The fourth-order valence-corrected chi connectivity index (χ4v) is 1.23. The Bertz CT molecular complexity index is 306. The molecule has 0 saturated heterocycles. The standard InChI is InChI=1S/C8H14O.C6H7N/c1-4-6-7(3)8(9)5-2;7-6-4-2-1-3-5-6/h5,7H,2,4,6H2,1,3H3;1-5H,7H2. The van der Waals surface area contributed by atoms with Crippen LogP contribution in [0.25, 0.3) is 0 Å². The molecular formula is C14H21NO. The van der Waals surface area contributed by atoms with Gasteiger partial charge in [-0.05, 0) is 24.6 Å². The van der Waals surface area contributed by atoms with Crippen molar-refractivity contribution < 1.29 is 4.79 Å². The quantitative estimate of drug-likeness (QED) is 0.622. The maximum Gasteiger partial charge on any atom is 0.157 e. The highest BCUT2D eigenvalue weighted by Gasteiger charge is 2.05. The van der Waals surface area contributed by atoms with Crippen molar-refractivity contribution in [2.24, 2.45) is 5.92 Å². The molecule has 1 rings (SSSR count). The molecule has 0 saturated carbocycles. The normalized spacial score (nSPS) is 10.9. The lowest BCUT2D eigenvalue weighted by molar-refractivity contribution is -0.117. The smallest absolute Gasteiger partial charge is 0.157 e. The monoisotopic (exact) mass is 219 g/mol. The zero-order valence-electron chi connectivity index (χ0n) is 10.1. The Morgan fingerprint density at radius 3 is 2.31 bits per heavy atom. The average Bonchev–Trinajstić information content (AvgIpc) is 2.30. The molecule has 2 heteroatoms.